The normalized spacial score (nSPS) is 28.8. The van der Waals surface area contributed by atoms with Crippen LogP contribution >= 0.6 is 0 Å². The molecule has 100 valence electrons. The molecule has 0 aliphatic heterocycles. The first kappa shape index (κ1) is 13.3. The molecule has 17 heavy (non-hydrogen) atoms. The summed E-state index contributed by atoms with van der Waals surface area (Å²) in [4.78, 5) is 2.72. The van der Waals surface area contributed by atoms with E-state index in [2.05, 4.69) is 24.1 Å². The molecule has 2 rings (SSSR count). The highest BCUT2D eigenvalue weighted by atomic mass is 16.5. The zero-order valence-electron chi connectivity index (χ0n) is 11.6. The largest absolute Gasteiger partial charge is 0.383 e. The van der Waals surface area contributed by atoms with E-state index >= 15 is 0 Å². The minimum absolute atomic E-state index is 0.615. The van der Waals surface area contributed by atoms with E-state index in [1.807, 2.05) is 7.11 Å². The van der Waals surface area contributed by atoms with Crippen molar-refractivity contribution in [3.63, 3.8) is 0 Å². The fraction of sp³-hybridized carbons (Fsp3) is 1.00. The van der Waals surface area contributed by atoms with Gasteiger partial charge in [0, 0.05) is 31.8 Å². The average molecular weight is 240 g/mol. The van der Waals surface area contributed by atoms with Crippen LogP contribution in [0.15, 0.2) is 0 Å². The van der Waals surface area contributed by atoms with Crippen LogP contribution in [0.4, 0.5) is 0 Å². The lowest BCUT2D eigenvalue weighted by Crippen LogP contribution is -2.52. The van der Waals surface area contributed by atoms with Crippen LogP contribution in [0.5, 0.6) is 0 Å². The Kier molecular flexibility index (Phi) is 4.83. The van der Waals surface area contributed by atoms with Gasteiger partial charge in [-0.2, -0.15) is 0 Å². The summed E-state index contributed by atoms with van der Waals surface area (Å²) in [5.74, 6) is 0.870. The number of hydrogen-bond acceptors (Lipinski definition) is 3. The molecule has 0 spiro atoms. The fourth-order valence-electron chi connectivity index (χ4n) is 2.84. The number of methoxy groups -OCH3 is 1. The van der Waals surface area contributed by atoms with Crippen molar-refractivity contribution in [1.29, 1.82) is 0 Å². The highest BCUT2D eigenvalue weighted by Crippen LogP contribution is 2.38. The van der Waals surface area contributed by atoms with E-state index in [4.69, 9.17) is 4.74 Å². The zero-order chi connectivity index (χ0) is 12.3. The lowest BCUT2D eigenvalue weighted by Gasteiger charge is -2.45. The monoisotopic (exact) mass is 240 g/mol. The van der Waals surface area contributed by atoms with Crippen LogP contribution in [-0.2, 0) is 4.74 Å². The highest BCUT2D eigenvalue weighted by molar-refractivity contribution is 4.96. The van der Waals surface area contributed by atoms with Crippen molar-refractivity contribution >= 4 is 0 Å². The first-order valence-corrected chi connectivity index (χ1v) is 7.20. The van der Waals surface area contributed by atoms with Crippen LogP contribution in [0.2, 0.25) is 0 Å². The van der Waals surface area contributed by atoms with Gasteiger partial charge in [-0.25, -0.2) is 0 Å². The molecule has 2 saturated carbocycles. The maximum atomic E-state index is 5.25. The topological polar surface area (TPSA) is 24.5 Å². The maximum absolute atomic E-state index is 5.25. The molecule has 3 heteroatoms. The molecule has 0 aromatic carbocycles. The SMILES string of the molecule is COCCN(C1CC1)C1CCC1CNC(C)C. The number of hydrogen-bond donors (Lipinski definition) is 1. The lowest BCUT2D eigenvalue weighted by molar-refractivity contribution is 0.0331. The molecule has 0 bridgehead atoms. The summed E-state index contributed by atoms with van der Waals surface area (Å²) in [6.45, 7) is 7.67. The number of nitrogens with zero attached hydrogens (tertiary/aromatic N) is 1. The zero-order valence-corrected chi connectivity index (χ0v) is 11.6. The van der Waals surface area contributed by atoms with Gasteiger partial charge in [0.1, 0.15) is 0 Å². The minimum Gasteiger partial charge on any atom is -0.383 e. The summed E-state index contributed by atoms with van der Waals surface area (Å²) in [6.07, 6.45) is 5.61. The van der Waals surface area contributed by atoms with Crippen molar-refractivity contribution in [2.45, 2.75) is 57.7 Å². The molecule has 0 heterocycles. The van der Waals surface area contributed by atoms with Gasteiger partial charge in [-0.1, -0.05) is 13.8 Å². The second-order valence-electron chi connectivity index (χ2n) is 5.93. The summed E-state index contributed by atoms with van der Waals surface area (Å²) in [6, 6.07) is 2.31. The Morgan fingerprint density at radius 1 is 1.24 bits per heavy atom. The number of rotatable bonds is 8. The van der Waals surface area contributed by atoms with E-state index < -0.39 is 0 Å². The van der Waals surface area contributed by atoms with Crippen molar-refractivity contribution in [2.24, 2.45) is 5.92 Å². The predicted octanol–water partition coefficient (Wildman–Crippen LogP) is 1.87. The van der Waals surface area contributed by atoms with E-state index in [9.17, 15) is 0 Å². The first-order chi connectivity index (χ1) is 8.22. The Balaban J connectivity index is 1.77. The van der Waals surface area contributed by atoms with Crippen molar-refractivity contribution < 1.29 is 4.74 Å². The highest BCUT2D eigenvalue weighted by Gasteiger charge is 2.41. The molecule has 1 N–H and O–H groups in total. The Bertz CT molecular complexity index is 228. The molecule has 2 atom stereocenters. The molecule has 0 aromatic heterocycles. The summed E-state index contributed by atoms with van der Waals surface area (Å²) in [7, 11) is 1.81. The number of ether oxygens (including phenoxy) is 1. The second kappa shape index (κ2) is 6.17. The molecule has 0 amide bonds. The van der Waals surface area contributed by atoms with Crippen LogP contribution < -0.4 is 5.32 Å². The van der Waals surface area contributed by atoms with E-state index in [1.54, 1.807) is 0 Å². The molecule has 0 saturated heterocycles. The Morgan fingerprint density at radius 2 is 2.00 bits per heavy atom. The third-order valence-corrected chi connectivity index (χ3v) is 4.16. The van der Waals surface area contributed by atoms with Gasteiger partial charge in [-0.15, -0.1) is 0 Å². The van der Waals surface area contributed by atoms with Crippen molar-refractivity contribution in [3.8, 4) is 0 Å². The van der Waals surface area contributed by atoms with Gasteiger partial charge in [0.05, 0.1) is 6.61 Å². The third-order valence-electron chi connectivity index (χ3n) is 4.16. The second-order valence-corrected chi connectivity index (χ2v) is 5.93. The molecule has 0 aromatic rings. The van der Waals surface area contributed by atoms with Crippen LogP contribution in [0.25, 0.3) is 0 Å². The van der Waals surface area contributed by atoms with Gasteiger partial charge in [-0.05, 0) is 38.1 Å². The smallest absolute Gasteiger partial charge is 0.0589 e. The first-order valence-electron chi connectivity index (χ1n) is 7.20. The van der Waals surface area contributed by atoms with E-state index in [-0.39, 0.29) is 0 Å². The summed E-state index contributed by atoms with van der Waals surface area (Å²) in [5.41, 5.74) is 0. The summed E-state index contributed by atoms with van der Waals surface area (Å²) in [5, 5.41) is 3.59. The third kappa shape index (κ3) is 3.67. The predicted molar refractivity (Wildman–Crippen MR) is 71.3 cm³/mol. The van der Waals surface area contributed by atoms with Gasteiger partial charge in [0.15, 0.2) is 0 Å². The molecule has 2 aliphatic carbocycles. The van der Waals surface area contributed by atoms with Gasteiger partial charge >= 0.3 is 0 Å². The van der Waals surface area contributed by atoms with Gasteiger partial charge in [0.25, 0.3) is 0 Å². The Morgan fingerprint density at radius 3 is 2.47 bits per heavy atom. The van der Waals surface area contributed by atoms with Gasteiger partial charge < -0.3 is 10.1 Å². The molecular formula is C14H28N2O. The molecule has 0 radical (unpaired) electrons. The van der Waals surface area contributed by atoms with E-state index in [0.717, 1.165) is 31.2 Å². The summed E-state index contributed by atoms with van der Waals surface area (Å²) < 4.78 is 5.25. The maximum Gasteiger partial charge on any atom is 0.0589 e. The molecule has 2 aliphatic rings. The van der Waals surface area contributed by atoms with Crippen LogP contribution in [-0.4, -0.2) is 49.8 Å². The van der Waals surface area contributed by atoms with Crippen LogP contribution in [0.1, 0.15) is 39.5 Å². The van der Waals surface area contributed by atoms with Crippen molar-refractivity contribution in [1.82, 2.24) is 10.2 Å². The van der Waals surface area contributed by atoms with Gasteiger partial charge in [-0.3, -0.25) is 4.90 Å². The Hall–Kier alpha value is -0.120. The molecule has 3 nitrogen and oxygen atoms in total. The number of nitrogens with one attached hydrogen (secondary N) is 1. The molecule has 2 fully saturated rings. The average Bonchev–Trinajstić information content (AvgIpc) is 3.05. The fourth-order valence-corrected chi connectivity index (χ4v) is 2.84. The van der Waals surface area contributed by atoms with Crippen molar-refractivity contribution in [2.75, 3.05) is 26.8 Å². The van der Waals surface area contributed by atoms with E-state index in [1.165, 1.54) is 32.2 Å². The lowest BCUT2D eigenvalue weighted by atomic mass is 9.78. The quantitative estimate of drug-likeness (QED) is 0.701. The van der Waals surface area contributed by atoms with Gasteiger partial charge in [0.2, 0.25) is 0 Å². The standard InChI is InChI=1S/C14H28N2O/c1-11(2)15-10-12-4-7-14(12)16(8-9-17-3)13-5-6-13/h11-15H,4-10H2,1-3H3. The molecule has 2 unspecified atom stereocenters. The minimum atomic E-state index is 0.615. The Labute approximate surface area is 106 Å². The van der Waals surface area contributed by atoms with Crippen LogP contribution in [0, 0.1) is 5.92 Å². The van der Waals surface area contributed by atoms with Crippen LogP contribution in [0.3, 0.4) is 0 Å². The van der Waals surface area contributed by atoms with E-state index in [0.29, 0.717) is 6.04 Å². The summed E-state index contributed by atoms with van der Waals surface area (Å²) >= 11 is 0. The molecular weight excluding hydrogens is 212 g/mol. The van der Waals surface area contributed by atoms with Crippen molar-refractivity contribution in [3.05, 3.63) is 0 Å².